The van der Waals surface area contributed by atoms with Gasteiger partial charge in [-0.3, -0.25) is 4.79 Å². The molecular formula is C31H32N4O4S. The van der Waals surface area contributed by atoms with Crippen LogP contribution in [0, 0.1) is 0 Å². The Morgan fingerprint density at radius 3 is 2.40 bits per heavy atom. The molecule has 8 nitrogen and oxygen atoms in total. The van der Waals surface area contributed by atoms with Crippen molar-refractivity contribution in [1.29, 1.82) is 0 Å². The highest BCUT2D eigenvalue weighted by molar-refractivity contribution is 7.89. The predicted molar refractivity (Wildman–Crippen MR) is 153 cm³/mol. The molecule has 0 aliphatic heterocycles. The van der Waals surface area contributed by atoms with E-state index in [4.69, 9.17) is 0 Å². The monoisotopic (exact) mass is 556 g/mol. The third kappa shape index (κ3) is 6.28. The third-order valence-corrected chi connectivity index (χ3v) is 8.70. The Hall–Kier alpha value is -3.92. The van der Waals surface area contributed by atoms with Crippen LogP contribution in [0.5, 0.6) is 0 Å². The molecule has 0 spiro atoms. The van der Waals surface area contributed by atoms with Crippen LogP contribution in [-0.2, 0) is 40.6 Å². The largest absolute Gasteiger partial charge is 0.391 e. The van der Waals surface area contributed by atoms with Crippen LogP contribution in [0.1, 0.15) is 47.2 Å². The number of anilines is 1. The topological polar surface area (TPSA) is 112 Å². The number of hydrogen-bond acceptors (Lipinski definition) is 6. The zero-order chi connectivity index (χ0) is 28.1. The lowest BCUT2D eigenvalue weighted by molar-refractivity contribution is -0.118. The average molecular weight is 557 g/mol. The van der Waals surface area contributed by atoms with E-state index in [0.717, 1.165) is 28.7 Å². The number of amides is 1. The number of aliphatic hydroxyl groups excluding tert-OH is 1. The summed E-state index contributed by atoms with van der Waals surface area (Å²) in [7, 11) is -3.89. The van der Waals surface area contributed by atoms with E-state index in [-0.39, 0.29) is 17.3 Å². The van der Waals surface area contributed by atoms with Crippen LogP contribution in [0.4, 0.5) is 5.69 Å². The van der Waals surface area contributed by atoms with Crippen LogP contribution in [-0.4, -0.2) is 35.5 Å². The van der Waals surface area contributed by atoms with Gasteiger partial charge in [0.1, 0.15) is 6.33 Å². The molecule has 0 saturated heterocycles. The van der Waals surface area contributed by atoms with Crippen molar-refractivity contribution < 1.29 is 18.3 Å². The van der Waals surface area contributed by atoms with Crippen LogP contribution in [0.25, 0.3) is 0 Å². The van der Waals surface area contributed by atoms with E-state index >= 15 is 0 Å². The van der Waals surface area contributed by atoms with Gasteiger partial charge < -0.3 is 10.0 Å². The molecule has 40 heavy (non-hydrogen) atoms. The minimum atomic E-state index is -3.89. The second-order valence-electron chi connectivity index (χ2n) is 9.96. The maximum Gasteiger partial charge on any atom is 0.241 e. The zero-order valence-electron chi connectivity index (χ0n) is 22.3. The van der Waals surface area contributed by atoms with Crippen molar-refractivity contribution in [3.63, 3.8) is 0 Å². The fourth-order valence-electron chi connectivity index (χ4n) is 5.01. The number of rotatable bonds is 10. The summed E-state index contributed by atoms with van der Waals surface area (Å²) in [6.45, 7) is 2.27. The fourth-order valence-corrected chi connectivity index (χ4v) is 6.25. The Morgan fingerprint density at radius 1 is 0.975 bits per heavy atom. The van der Waals surface area contributed by atoms with Crippen molar-refractivity contribution in [2.45, 2.75) is 56.2 Å². The predicted octanol–water partition coefficient (Wildman–Crippen LogP) is 4.14. The molecule has 2 N–H and O–H groups in total. The highest BCUT2D eigenvalue weighted by Crippen LogP contribution is 2.36. The lowest BCUT2D eigenvalue weighted by atomic mass is 10.1. The van der Waals surface area contributed by atoms with Crippen LogP contribution in [0.15, 0.2) is 96.4 Å². The smallest absolute Gasteiger partial charge is 0.241 e. The van der Waals surface area contributed by atoms with Gasteiger partial charge in [-0.05, 0) is 59.4 Å². The number of fused-ring (bicyclic) bond motifs is 1. The molecule has 0 fully saturated rings. The second kappa shape index (κ2) is 12.1. The lowest BCUT2D eigenvalue weighted by Gasteiger charge is -2.25. The number of carbonyl (C=O) groups is 1. The quantitative estimate of drug-likeness (QED) is 0.304. The van der Waals surface area contributed by atoms with Gasteiger partial charge in [-0.1, -0.05) is 55.5 Å². The Labute approximate surface area is 234 Å². The molecule has 5 rings (SSSR count). The van der Waals surface area contributed by atoms with Gasteiger partial charge in [-0.25, -0.2) is 23.1 Å². The summed E-state index contributed by atoms with van der Waals surface area (Å²) in [6, 6.07) is 21.2. The molecule has 1 aromatic heterocycles. The first kappa shape index (κ1) is 27.6. The van der Waals surface area contributed by atoms with E-state index in [1.54, 1.807) is 41.6 Å². The molecule has 2 atom stereocenters. The minimum absolute atomic E-state index is 0.0839. The molecule has 1 aliphatic carbocycles. The summed E-state index contributed by atoms with van der Waals surface area (Å²) < 4.78 is 29.2. The molecule has 0 unspecified atom stereocenters. The Balaban J connectivity index is 1.43. The van der Waals surface area contributed by atoms with Crippen molar-refractivity contribution in [3.8, 4) is 0 Å². The first-order valence-electron chi connectivity index (χ1n) is 13.3. The van der Waals surface area contributed by atoms with Crippen LogP contribution >= 0.6 is 0 Å². The standard InChI is InChI=1S/C31H32N4O4S/c1-2-22-8-13-27(14-9-22)40(38,39)34-31-28-17-26(12-11-25(28)16-29(31)36)35(20-24-18-32-21-33-19-24)30(37)15-10-23-6-4-3-5-7-23/h3-9,11-14,17-19,21,29,31,34,36H,2,10,15-16,20H2,1H3/t29-,31-/m1/s1. The van der Waals surface area contributed by atoms with E-state index < -0.39 is 22.2 Å². The molecule has 3 aromatic carbocycles. The number of aromatic nitrogens is 2. The van der Waals surface area contributed by atoms with Crippen LogP contribution < -0.4 is 9.62 Å². The van der Waals surface area contributed by atoms with E-state index in [1.807, 2.05) is 55.5 Å². The Bertz CT molecular complexity index is 1560. The van der Waals surface area contributed by atoms with E-state index in [2.05, 4.69) is 14.7 Å². The molecule has 0 radical (unpaired) electrons. The maximum absolute atomic E-state index is 13.6. The number of aryl methyl sites for hydroxylation is 2. The van der Waals surface area contributed by atoms with Gasteiger partial charge in [0.2, 0.25) is 15.9 Å². The summed E-state index contributed by atoms with van der Waals surface area (Å²) in [5.41, 5.74) is 4.98. The van der Waals surface area contributed by atoms with Crippen molar-refractivity contribution in [2.75, 3.05) is 4.90 Å². The van der Waals surface area contributed by atoms with Gasteiger partial charge in [0.25, 0.3) is 0 Å². The number of benzene rings is 3. The van der Waals surface area contributed by atoms with Crippen LogP contribution in [0.3, 0.4) is 0 Å². The van der Waals surface area contributed by atoms with Gasteiger partial charge in [-0.2, -0.15) is 0 Å². The van der Waals surface area contributed by atoms with E-state index in [9.17, 15) is 18.3 Å². The maximum atomic E-state index is 13.6. The lowest BCUT2D eigenvalue weighted by Crippen LogP contribution is -2.34. The molecule has 0 bridgehead atoms. The Morgan fingerprint density at radius 2 is 1.70 bits per heavy atom. The Kier molecular flexibility index (Phi) is 8.35. The summed E-state index contributed by atoms with van der Waals surface area (Å²) in [5, 5.41) is 10.9. The molecule has 0 saturated carbocycles. The van der Waals surface area contributed by atoms with E-state index in [1.165, 1.54) is 6.33 Å². The second-order valence-corrected chi connectivity index (χ2v) is 11.7. The number of hydrogen-bond donors (Lipinski definition) is 2. The van der Waals surface area contributed by atoms with Gasteiger partial charge >= 0.3 is 0 Å². The van der Waals surface area contributed by atoms with Gasteiger partial charge in [0, 0.05) is 36.5 Å². The molecule has 1 amide bonds. The van der Waals surface area contributed by atoms with Gasteiger partial charge in [0.05, 0.1) is 23.6 Å². The number of nitrogens with zero attached hydrogens (tertiary/aromatic N) is 3. The van der Waals surface area contributed by atoms with E-state index in [0.29, 0.717) is 30.5 Å². The molecule has 9 heteroatoms. The van der Waals surface area contributed by atoms with Crippen molar-refractivity contribution in [1.82, 2.24) is 14.7 Å². The molecule has 1 aliphatic rings. The number of nitrogens with one attached hydrogen (secondary N) is 1. The minimum Gasteiger partial charge on any atom is -0.391 e. The number of aliphatic hydroxyl groups is 1. The van der Waals surface area contributed by atoms with Gasteiger partial charge in [0.15, 0.2) is 0 Å². The molecule has 1 heterocycles. The summed E-state index contributed by atoms with van der Waals surface area (Å²) in [6.07, 6.45) is 5.84. The molecule has 206 valence electrons. The normalized spacial score (nSPS) is 16.4. The first-order chi connectivity index (χ1) is 19.3. The van der Waals surface area contributed by atoms with Crippen LogP contribution in [0.2, 0.25) is 0 Å². The number of sulfonamides is 1. The summed E-state index contributed by atoms with van der Waals surface area (Å²) in [4.78, 5) is 23.5. The number of carbonyl (C=O) groups excluding carboxylic acids is 1. The van der Waals surface area contributed by atoms with Crippen molar-refractivity contribution in [3.05, 3.63) is 119 Å². The fraction of sp³-hybridized carbons (Fsp3) is 0.258. The molecular weight excluding hydrogens is 524 g/mol. The highest BCUT2D eigenvalue weighted by atomic mass is 32.2. The highest BCUT2D eigenvalue weighted by Gasteiger charge is 2.35. The molecule has 4 aromatic rings. The van der Waals surface area contributed by atoms with Crippen molar-refractivity contribution >= 4 is 21.6 Å². The SMILES string of the molecule is CCc1ccc(S(=O)(=O)N[C@@H]2c3cc(N(Cc4cncnc4)C(=O)CCc4ccccc4)ccc3C[C@H]2O)cc1. The zero-order valence-corrected chi connectivity index (χ0v) is 23.1. The first-order valence-corrected chi connectivity index (χ1v) is 14.8. The van der Waals surface area contributed by atoms with Gasteiger partial charge in [-0.15, -0.1) is 0 Å². The summed E-state index contributed by atoms with van der Waals surface area (Å²) >= 11 is 0. The van der Waals surface area contributed by atoms with Crippen molar-refractivity contribution in [2.24, 2.45) is 0 Å². The average Bonchev–Trinajstić information content (AvgIpc) is 3.29. The third-order valence-electron chi connectivity index (χ3n) is 7.24. The summed E-state index contributed by atoms with van der Waals surface area (Å²) in [5.74, 6) is -0.0839.